The third kappa shape index (κ3) is 6.15. The monoisotopic (exact) mass is 506 g/mol. The van der Waals surface area contributed by atoms with Crippen molar-refractivity contribution in [3.05, 3.63) is 95.6 Å². The summed E-state index contributed by atoms with van der Waals surface area (Å²) in [5.41, 5.74) is 2.03. The molecule has 0 N–H and O–H groups in total. The molecule has 0 radical (unpaired) electrons. The Morgan fingerprint density at radius 2 is 0.941 bits per heavy atom. The van der Waals surface area contributed by atoms with Crippen LogP contribution in [0.5, 0.6) is 11.5 Å². The van der Waals surface area contributed by atoms with Crippen molar-refractivity contribution >= 4 is 20.8 Å². The van der Waals surface area contributed by atoms with E-state index in [1.165, 1.54) is 0 Å². The smallest absolute Gasteiger partial charge is 0.362 e. The van der Waals surface area contributed by atoms with Gasteiger partial charge >= 0.3 is 20.8 Å². The predicted molar refractivity (Wildman–Crippen MR) is 127 cm³/mol. The first kappa shape index (κ1) is 25.7. The van der Waals surface area contributed by atoms with Crippen molar-refractivity contribution in [3.63, 3.8) is 0 Å². The molecule has 0 saturated heterocycles. The van der Waals surface area contributed by atoms with Crippen molar-refractivity contribution in [2.24, 2.45) is 0 Å². The first-order valence-corrected chi connectivity index (χ1v) is 13.2. The summed E-state index contributed by atoms with van der Waals surface area (Å²) in [6.07, 6.45) is 0. The minimum Gasteiger partial charge on any atom is -0.362 e. The fourth-order valence-electron chi connectivity index (χ4n) is 3.53. The average molecular weight is 507 g/mol. The van der Waals surface area contributed by atoms with Crippen LogP contribution in [0.25, 0.3) is 0 Å². The van der Waals surface area contributed by atoms with Crippen LogP contribution in [-0.4, -0.2) is 30.0 Å². The van der Waals surface area contributed by atoms with Gasteiger partial charge in [-0.05, 0) is 61.7 Å². The second-order valence-corrected chi connectivity index (χ2v) is 9.77. The van der Waals surface area contributed by atoms with Gasteiger partial charge in [0.15, 0.2) is 0 Å². The summed E-state index contributed by atoms with van der Waals surface area (Å²) in [5, 5.41) is 0. The zero-order valence-corrected chi connectivity index (χ0v) is 20.6. The number of rotatable bonds is 11. The normalized spacial score (nSPS) is 12.3. The van der Waals surface area contributed by atoms with Gasteiger partial charge in [0.2, 0.25) is 0 Å². The largest absolute Gasteiger partial charge is 0.449 e. The fourth-order valence-corrected chi connectivity index (χ4v) is 4.90. The number of hydrogen-bond donors (Lipinski definition) is 0. The molecule has 0 heterocycles. The van der Waals surface area contributed by atoms with Gasteiger partial charge in [0.05, 0.1) is 13.2 Å². The van der Waals surface area contributed by atoms with Crippen LogP contribution in [-0.2, 0) is 34.6 Å². The minimum atomic E-state index is -4.13. The maximum atomic E-state index is 11.8. The molecule has 0 saturated carbocycles. The molecule has 0 spiro atoms. The van der Waals surface area contributed by atoms with Crippen LogP contribution in [0.1, 0.15) is 37.5 Å². The molecule has 3 aromatic carbocycles. The first-order chi connectivity index (χ1) is 16.1. The lowest BCUT2D eigenvalue weighted by atomic mass is 9.71. The zero-order chi connectivity index (χ0) is 24.8. The van der Waals surface area contributed by atoms with Crippen molar-refractivity contribution in [2.75, 3.05) is 13.2 Å². The van der Waals surface area contributed by atoms with E-state index in [0.29, 0.717) is 0 Å². The fraction of sp³-hybridized carbons (Fsp3) is 0.250. The molecule has 182 valence electrons. The number of hydrogen-bond acceptors (Lipinski definition) is 8. The van der Waals surface area contributed by atoms with E-state index in [0.717, 1.165) is 16.7 Å². The van der Waals surface area contributed by atoms with E-state index in [9.17, 15) is 16.8 Å². The summed E-state index contributed by atoms with van der Waals surface area (Å²) in [6.45, 7) is 5.06. The summed E-state index contributed by atoms with van der Waals surface area (Å²) < 4.78 is 66.3. The van der Waals surface area contributed by atoms with Crippen LogP contribution in [0.4, 0.5) is 0 Å². The predicted octanol–water partition coefficient (Wildman–Crippen LogP) is 4.36. The maximum absolute atomic E-state index is 11.8. The van der Waals surface area contributed by atoms with E-state index in [2.05, 4.69) is 8.37 Å². The van der Waals surface area contributed by atoms with Crippen molar-refractivity contribution < 1.29 is 33.6 Å². The van der Waals surface area contributed by atoms with E-state index >= 15 is 0 Å². The highest BCUT2D eigenvalue weighted by Gasteiger charge is 2.31. The summed E-state index contributed by atoms with van der Waals surface area (Å²) in [4.78, 5) is 0. The Morgan fingerprint density at radius 3 is 1.29 bits per heavy atom. The lowest BCUT2D eigenvalue weighted by Crippen LogP contribution is -2.25. The second kappa shape index (κ2) is 10.6. The molecule has 0 bridgehead atoms. The summed E-state index contributed by atoms with van der Waals surface area (Å²) in [7, 11) is -8.27. The Labute approximate surface area is 200 Å². The minimum absolute atomic E-state index is 0.0297. The van der Waals surface area contributed by atoms with Gasteiger partial charge in [0, 0.05) is 5.41 Å². The van der Waals surface area contributed by atoms with Crippen molar-refractivity contribution in [1.82, 2.24) is 0 Å². The Balaban J connectivity index is 1.98. The van der Waals surface area contributed by atoms with Crippen LogP contribution >= 0.6 is 0 Å². The van der Waals surface area contributed by atoms with Gasteiger partial charge in [-0.25, -0.2) is 8.37 Å². The van der Waals surface area contributed by atoms with Gasteiger partial charge in [0.25, 0.3) is 0 Å². The van der Waals surface area contributed by atoms with Gasteiger partial charge in [-0.3, -0.25) is 0 Å². The lowest BCUT2D eigenvalue weighted by Gasteiger charge is -2.32. The summed E-state index contributed by atoms with van der Waals surface area (Å²) in [6, 6.07) is 23.0. The Kier molecular flexibility index (Phi) is 7.98. The van der Waals surface area contributed by atoms with E-state index < -0.39 is 26.2 Å². The molecule has 10 heteroatoms. The highest BCUT2D eigenvalue weighted by Crippen LogP contribution is 2.40. The van der Waals surface area contributed by atoms with Crippen molar-refractivity contribution in [1.29, 1.82) is 0 Å². The molecule has 3 aromatic rings. The average Bonchev–Trinajstić information content (AvgIpc) is 2.79. The molecule has 0 unspecified atom stereocenters. The summed E-state index contributed by atoms with van der Waals surface area (Å²) >= 11 is 0. The molecule has 0 atom stereocenters. The topological polar surface area (TPSA) is 105 Å². The van der Waals surface area contributed by atoms with Crippen LogP contribution in [0, 0.1) is 0 Å². The molecular formula is C24H26O8S2. The Morgan fingerprint density at radius 1 is 0.588 bits per heavy atom. The molecule has 8 nitrogen and oxygen atoms in total. The maximum Gasteiger partial charge on any atom is 0.449 e. The van der Waals surface area contributed by atoms with Crippen molar-refractivity contribution in [2.45, 2.75) is 26.2 Å². The highest BCUT2D eigenvalue weighted by atomic mass is 32.3. The van der Waals surface area contributed by atoms with Gasteiger partial charge in [0.1, 0.15) is 11.5 Å². The van der Waals surface area contributed by atoms with Crippen LogP contribution in [0.3, 0.4) is 0 Å². The molecule has 0 fully saturated rings. The summed E-state index contributed by atoms with van der Waals surface area (Å²) in [5.74, 6) is 0.245. The van der Waals surface area contributed by atoms with E-state index in [4.69, 9.17) is 8.37 Å². The Hall–Kier alpha value is -2.92. The molecule has 0 aliphatic carbocycles. The van der Waals surface area contributed by atoms with Crippen LogP contribution in [0.15, 0.2) is 78.9 Å². The van der Waals surface area contributed by atoms with Crippen LogP contribution in [0.2, 0.25) is 0 Å². The molecule has 0 amide bonds. The molecule has 0 aliphatic rings. The quantitative estimate of drug-likeness (QED) is 0.353. The molecule has 0 aliphatic heterocycles. The highest BCUT2D eigenvalue weighted by molar-refractivity contribution is 7.82. The van der Waals surface area contributed by atoms with Crippen LogP contribution < -0.4 is 8.37 Å². The standard InChI is InChI=1S/C24H26O8S2/c1-4-29-33(25,26)31-22-15-11-20(12-16-22)24(3,19-9-7-6-8-10-19)21-13-17-23(18-14-21)32-34(27,28)30-5-2/h6-18H,4-5H2,1-3H3. The van der Waals surface area contributed by atoms with E-state index in [1.807, 2.05) is 37.3 Å². The van der Waals surface area contributed by atoms with Gasteiger partial charge < -0.3 is 8.37 Å². The molecular weight excluding hydrogens is 480 g/mol. The third-order valence-electron chi connectivity index (χ3n) is 5.14. The third-order valence-corrected chi connectivity index (χ3v) is 6.98. The second-order valence-electron chi connectivity index (χ2n) is 7.34. The molecule has 3 rings (SSSR count). The zero-order valence-electron chi connectivity index (χ0n) is 19.0. The number of benzene rings is 3. The van der Waals surface area contributed by atoms with E-state index in [-0.39, 0.29) is 24.7 Å². The van der Waals surface area contributed by atoms with Crippen molar-refractivity contribution in [3.8, 4) is 11.5 Å². The van der Waals surface area contributed by atoms with Gasteiger partial charge in [-0.1, -0.05) is 54.6 Å². The van der Waals surface area contributed by atoms with Gasteiger partial charge in [-0.2, -0.15) is 16.8 Å². The molecule has 0 aromatic heterocycles. The lowest BCUT2D eigenvalue weighted by molar-refractivity contribution is 0.286. The van der Waals surface area contributed by atoms with Gasteiger partial charge in [-0.15, -0.1) is 0 Å². The molecule has 34 heavy (non-hydrogen) atoms. The van der Waals surface area contributed by atoms with E-state index in [1.54, 1.807) is 62.4 Å². The Bertz CT molecular complexity index is 1200. The first-order valence-electron chi connectivity index (χ1n) is 10.5. The SMILES string of the molecule is CCOS(=O)(=O)Oc1ccc(C(C)(c2ccccc2)c2ccc(OS(=O)(=O)OCC)cc2)cc1.